The van der Waals surface area contributed by atoms with Crippen molar-refractivity contribution in [3.63, 3.8) is 0 Å². The van der Waals surface area contributed by atoms with Gasteiger partial charge in [0.1, 0.15) is 0 Å². The van der Waals surface area contributed by atoms with Crippen molar-refractivity contribution in [1.29, 1.82) is 0 Å². The van der Waals surface area contributed by atoms with Crippen LogP contribution >= 0.6 is 0 Å². The van der Waals surface area contributed by atoms with Crippen molar-refractivity contribution < 1.29 is 4.79 Å². The number of hydrogen-bond acceptors (Lipinski definition) is 3. The molecule has 1 saturated carbocycles. The average molecular weight is 439 g/mol. The largest absolute Gasteiger partial charge is 0.361 e. The molecule has 3 N–H and O–H groups in total. The Morgan fingerprint density at radius 2 is 2.00 bits per heavy atom. The van der Waals surface area contributed by atoms with E-state index in [1.165, 1.54) is 28.5 Å². The Morgan fingerprint density at radius 3 is 2.72 bits per heavy atom. The average Bonchev–Trinajstić information content (AvgIpc) is 3.17. The minimum atomic E-state index is 0.313. The molecule has 1 aliphatic carbocycles. The van der Waals surface area contributed by atoms with Crippen molar-refractivity contribution in [2.24, 2.45) is 10.9 Å². The molecule has 32 heavy (non-hydrogen) atoms. The van der Waals surface area contributed by atoms with Gasteiger partial charge < -0.3 is 20.5 Å². The Kier molecular flexibility index (Phi) is 7.68. The van der Waals surface area contributed by atoms with Crippen LogP contribution in [0.1, 0.15) is 37.3 Å². The number of para-hydroxylation sites is 1. The fraction of sp³-hybridized carbons (Fsp3) is 0.600. The summed E-state index contributed by atoms with van der Waals surface area (Å²) < 4.78 is 0. The number of benzene rings is 1. The summed E-state index contributed by atoms with van der Waals surface area (Å²) in [6, 6.07) is 6.45. The van der Waals surface area contributed by atoms with E-state index in [2.05, 4.69) is 63.7 Å². The highest BCUT2D eigenvalue weighted by molar-refractivity contribution is 5.86. The van der Waals surface area contributed by atoms with Gasteiger partial charge in [-0.05, 0) is 44.2 Å². The van der Waals surface area contributed by atoms with Crippen molar-refractivity contribution in [2.45, 2.75) is 39.5 Å². The maximum atomic E-state index is 12.4. The second-order valence-electron chi connectivity index (χ2n) is 9.04. The van der Waals surface area contributed by atoms with Gasteiger partial charge in [0.15, 0.2) is 5.96 Å². The molecule has 2 heterocycles. The predicted octanol–water partition coefficient (Wildman–Crippen LogP) is 2.52. The van der Waals surface area contributed by atoms with Gasteiger partial charge in [0.25, 0.3) is 0 Å². The van der Waals surface area contributed by atoms with Gasteiger partial charge in [-0.25, -0.2) is 0 Å². The molecule has 1 aromatic heterocycles. The van der Waals surface area contributed by atoms with Crippen LogP contribution < -0.4 is 10.6 Å². The molecule has 1 aliphatic heterocycles. The summed E-state index contributed by atoms with van der Waals surface area (Å²) in [6.45, 7) is 11.3. The van der Waals surface area contributed by atoms with Crippen LogP contribution in [0.5, 0.6) is 0 Å². The molecule has 0 atom stereocenters. The normalized spacial score (nSPS) is 18.1. The molecule has 0 bridgehead atoms. The summed E-state index contributed by atoms with van der Waals surface area (Å²) in [7, 11) is 0. The number of H-pyrrole nitrogens is 1. The minimum Gasteiger partial charge on any atom is -0.361 e. The first-order valence-electron chi connectivity index (χ1n) is 12.2. The standard InChI is InChI=1S/C25H38N6O/c1-3-26-25(27-11-10-21-18-29-23-19(2)6-4-9-22(21)23)28-12-13-30-14-16-31(17-15-30)24(32)20-7-5-8-20/h4,6,9,18,20,29H,3,5,7-8,10-17H2,1-2H3,(H2,26,27,28). The number of rotatable bonds is 8. The zero-order valence-corrected chi connectivity index (χ0v) is 19.6. The summed E-state index contributed by atoms with van der Waals surface area (Å²) in [4.78, 5) is 25.1. The molecule has 1 aromatic carbocycles. The molecule has 7 nitrogen and oxygen atoms in total. The first-order chi connectivity index (χ1) is 15.7. The molecule has 0 spiro atoms. The Labute approximate surface area is 191 Å². The molecular formula is C25H38N6O. The lowest BCUT2D eigenvalue weighted by molar-refractivity contribution is -0.139. The number of hydrogen-bond donors (Lipinski definition) is 3. The zero-order valence-electron chi connectivity index (χ0n) is 19.6. The number of amides is 1. The van der Waals surface area contributed by atoms with Crippen LogP contribution in [0.2, 0.25) is 0 Å². The second-order valence-corrected chi connectivity index (χ2v) is 9.04. The highest BCUT2D eigenvalue weighted by atomic mass is 16.2. The third kappa shape index (κ3) is 5.44. The van der Waals surface area contributed by atoms with E-state index >= 15 is 0 Å². The second kappa shape index (κ2) is 10.9. The molecule has 0 unspecified atom stereocenters. The van der Waals surface area contributed by atoms with Gasteiger partial charge in [0.2, 0.25) is 5.91 Å². The summed E-state index contributed by atoms with van der Waals surface area (Å²) >= 11 is 0. The number of piperazine rings is 1. The van der Waals surface area contributed by atoms with Gasteiger partial charge in [-0.1, -0.05) is 24.6 Å². The van der Waals surface area contributed by atoms with Crippen LogP contribution in [-0.2, 0) is 11.2 Å². The van der Waals surface area contributed by atoms with Gasteiger partial charge in [-0.3, -0.25) is 14.7 Å². The summed E-state index contributed by atoms with van der Waals surface area (Å²) in [5.41, 5.74) is 3.85. The van der Waals surface area contributed by atoms with Crippen molar-refractivity contribution in [1.82, 2.24) is 25.4 Å². The number of fused-ring (bicyclic) bond motifs is 1. The van der Waals surface area contributed by atoms with E-state index in [1.807, 2.05) is 0 Å². The quantitative estimate of drug-likeness (QED) is 0.437. The lowest BCUT2D eigenvalue weighted by Crippen LogP contribution is -2.51. The number of nitrogens with one attached hydrogen (secondary N) is 3. The molecular weight excluding hydrogens is 400 g/mol. The van der Waals surface area contributed by atoms with Gasteiger partial charge in [0, 0.05) is 68.8 Å². The maximum absolute atomic E-state index is 12.4. The van der Waals surface area contributed by atoms with Crippen LogP contribution in [0.25, 0.3) is 10.9 Å². The van der Waals surface area contributed by atoms with E-state index in [9.17, 15) is 4.79 Å². The predicted molar refractivity (Wildman–Crippen MR) is 131 cm³/mol. The molecule has 2 aliphatic rings. The number of aliphatic imine (C=N–C) groups is 1. The summed E-state index contributed by atoms with van der Waals surface area (Å²) in [5.74, 6) is 1.58. The lowest BCUT2D eigenvalue weighted by Gasteiger charge is -2.38. The first kappa shape index (κ1) is 22.6. The number of carbonyl (C=O) groups excluding carboxylic acids is 1. The van der Waals surface area contributed by atoms with E-state index in [4.69, 9.17) is 4.99 Å². The fourth-order valence-electron chi connectivity index (χ4n) is 4.64. The van der Waals surface area contributed by atoms with E-state index in [0.717, 1.165) is 77.6 Å². The third-order valence-corrected chi connectivity index (χ3v) is 6.87. The molecule has 2 fully saturated rings. The first-order valence-corrected chi connectivity index (χ1v) is 12.2. The van der Waals surface area contributed by atoms with Gasteiger partial charge in [-0.15, -0.1) is 0 Å². The molecule has 1 amide bonds. The van der Waals surface area contributed by atoms with Crippen LogP contribution in [0.3, 0.4) is 0 Å². The highest BCUT2D eigenvalue weighted by Gasteiger charge is 2.30. The zero-order chi connectivity index (χ0) is 22.3. The van der Waals surface area contributed by atoms with Crippen molar-refractivity contribution >= 4 is 22.8 Å². The lowest BCUT2D eigenvalue weighted by atomic mass is 9.84. The van der Waals surface area contributed by atoms with Gasteiger partial charge >= 0.3 is 0 Å². The number of aromatic nitrogens is 1. The molecule has 4 rings (SSSR count). The smallest absolute Gasteiger partial charge is 0.225 e. The van der Waals surface area contributed by atoms with Crippen LogP contribution in [0, 0.1) is 12.8 Å². The van der Waals surface area contributed by atoms with Crippen molar-refractivity contribution in [2.75, 3.05) is 52.4 Å². The molecule has 1 saturated heterocycles. The Balaban J connectivity index is 1.20. The summed E-state index contributed by atoms with van der Waals surface area (Å²) in [5, 5.41) is 8.14. The SMILES string of the molecule is CCNC(=NCCN1CCN(C(=O)C2CCC2)CC1)NCCc1c[nH]c2c(C)cccc12. The number of aromatic amines is 1. The van der Waals surface area contributed by atoms with Crippen LogP contribution in [-0.4, -0.2) is 79.0 Å². The monoisotopic (exact) mass is 438 g/mol. The minimum absolute atomic E-state index is 0.313. The Hall–Kier alpha value is -2.54. The topological polar surface area (TPSA) is 75.8 Å². The molecule has 7 heteroatoms. The number of guanidine groups is 1. The van der Waals surface area contributed by atoms with E-state index < -0.39 is 0 Å². The highest BCUT2D eigenvalue weighted by Crippen LogP contribution is 2.28. The number of carbonyl (C=O) groups is 1. The fourth-order valence-corrected chi connectivity index (χ4v) is 4.64. The van der Waals surface area contributed by atoms with Gasteiger partial charge in [-0.2, -0.15) is 0 Å². The van der Waals surface area contributed by atoms with Crippen molar-refractivity contribution in [3.05, 3.63) is 35.5 Å². The van der Waals surface area contributed by atoms with Crippen molar-refractivity contribution in [3.8, 4) is 0 Å². The van der Waals surface area contributed by atoms with Crippen LogP contribution in [0.4, 0.5) is 0 Å². The molecule has 174 valence electrons. The summed E-state index contributed by atoms with van der Waals surface area (Å²) in [6.07, 6.45) is 6.48. The van der Waals surface area contributed by atoms with E-state index in [-0.39, 0.29) is 0 Å². The van der Waals surface area contributed by atoms with E-state index in [1.54, 1.807) is 0 Å². The maximum Gasteiger partial charge on any atom is 0.225 e. The van der Waals surface area contributed by atoms with Gasteiger partial charge in [0.05, 0.1) is 6.54 Å². The van der Waals surface area contributed by atoms with Crippen LogP contribution in [0.15, 0.2) is 29.4 Å². The Bertz CT molecular complexity index is 924. The number of nitrogens with zero attached hydrogens (tertiary/aromatic N) is 3. The van der Waals surface area contributed by atoms with E-state index in [0.29, 0.717) is 11.8 Å². The Morgan fingerprint density at radius 1 is 1.19 bits per heavy atom. The number of aryl methyl sites for hydroxylation is 1. The third-order valence-electron chi connectivity index (χ3n) is 6.87. The molecule has 2 aromatic rings. The molecule has 0 radical (unpaired) electrons.